The smallest absolute Gasteiger partial charge is 0.276 e. The van der Waals surface area contributed by atoms with E-state index >= 15 is 0 Å². The summed E-state index contributed by atoms with van der Waals surface area (Å²) in [4.78, 5) is 24.1. The van der Waals surface area contributed by atoms with Crippen molar-refractivity contribution in [3.63, 3.8) is 0 Å². The third kappa shape index (κ3) is 6.68. The molecule has 0 aliphatic carbocycles. The maximum absolute atomic E-state index is 12.2. The topological polar surface area (TPSA) is 79.5 Å². The summed E-state index contributed by atoms with van der Waals surface area (Å²) in [5.41, 5.74) is 7.11. The van der Waals surface area contributed by atoms with Crippen LogP contribution >= 0.6 is 35.4 Å². The number of hydrazine groups is 1. The Morgan fingerprint density at radius 1 is 0.871 bits per heavy atom. The second-order valence-corrected chi connectivity index (χ2v) is 7.51. The van der Waals surface area contributed by atoms with Gasteiger partial charge in [-0.1, -0.05) is 65.7 Å². The van der Waals surface area contributed by atoms with Crippen molar-refractivity contribution in [2.75, 3.05) is 6.61 Å². The van der Waals surface area contributed by atoms with E-state index in [1.54, 1.807) is 12.1 Å². The number of hydrogen-bond donors (Lipinski definition) is 3. The molecule has 0 bridgehead atoms. The minimum Gasteiger partial charge on any atom is -0.484 e. The zero-order chi connectivity index (χ0) is 22.2. The third-order valence-electron chi connectivity index (χ3n) is 4.05. The first-order valence-corrected chi connectivity index (χ1v) is 10.2. The number of halogens is 2. The van der Waals surface area contributed by atoms with Crippen LogP contribution in [0.1, 0.15) is 10.4 Å². The van der Waals surface area contributed by atoms with Gasteiger partial charge >= 0.3 is 0 Å². The number of carbonyl (C=O) groups is 2. The summed E-state index contributed by atoms with van der Waals surface area (Å²) < 4.78 is 5.46. The first kappa shape index (κ1) is 22.6. The molecule has 0 aromatic heterocycles. The quantitative estimate of drug-likeness (QED) is 0.378. The van der Waals surface area contributed by atoms with Crippen LogP contribution in [0.2, 0.25) is 10.0 Å². The molecule has 31 heavy (non-hydrogen) atoms. The van der Waals surface area contributed by atoms with Crippen molar-refractivity contribution in [1.29, 1.82) is 0 Å². The highest BCUT2D eigenvalue weighted by Crippen LogP contribution is 2.22. The van der Waals surface area contributed by atoms with Crippen LogP contribution in [-0.4, -0.2) is 23.5 Å². The molecule has 0 fully saturated rings. The molecular formula is C22H17Cl2N3O3S. The normalized spacial score (nSPS) is 10.1. The number of carbonyl (C=O) groups excluding carboxylic acids is 2. The standard InChI is InChI=1S/C22H17Cl2N3O3S/c23-16-8-11-18(19(24)12-16)21(29)25-22(31)27-26-20(28)13-30-17-9-6-15(7-10-17)14-4-2-1-3-5-14/h1-12H,13H2,(H,26,28)(H2,25,27,29,31). The molecule has 0 heterocycles. The van der Waals surface area contributed by atoms with Gasteiger partial charge < -0.3 is 4.74 Å². The number of benzene rings is 3. The van der Waals surface area contributed by atoms with Crippen molar-refractivity contribution < 1.29 is 14.3 Å². The number of thiocarbonyl (C=S) groups is 1. The molecule has 2 amide bonds. The van der Waals surface area contributed by atoms with Crippen LogP contribution in [0.5, 0.6) is 5.75 Å². The SMILES string of the molecule is O=C(COc1ccc(-c2ccccc2)cc1)NNC(=S)NC(=O)c1ccc(Cl)cc1Cl. The van der Waals surface area contributed by atoms with E-state index in [9.17, 15) is 9.59 Å². The molecule has 0 saturated heterocycles. The Morgan fingerprint density at radius 2 is 1.55 bits per heavy atom. The van der Waals surface area contributed by atoms with Crippen LogP contribution in [0.15, 0.2) is 72.8 Å². The summed E-state index contributed by atoms with van der Waals surface area (Å²) >= 11 is 16.8. The number of rotatable bonds is 5. The van der Waals surface area contributed by atoms with E-state index in [2.05, 4.69) is 16.2 Å². The summed E-state index contributed by atoms with van der Waals surface area (Å²) in [6.45, 7) is -0.239. The molecule has 3 aromatic carbocycles. The van der Waals surface area contributed by atoms with E-state index in [4.69, 9.17) is 40.2 Å². The van der Waals surface area contributed by atoms with Crippen LogP contribution in [0.4, 0.5) is 0 Å². The lowest BCUT2D eigenvalue weighted by atomic mass is 10.1. The molecule has 0 unspecified atom stereocenters. The van der Waals surface area contributed by atoms with Gasteiger partial charge in [-0.05, 0) is 53.7 Å². The molecule has 0 aliphatic heterocycles. The van der Waals surface area contributed by atoms with Crippen molar-refractivity contribution in [3.8, 4) is 16.9 Å². The maximum Gasteiger partial charge on any atom is 0.276 e. The number of amides is 2. The fourth-order valence-electron chi connectivity index (χ4n) is 2.56. The highest BCUT2D eigenvalue weighted by molar-refractivity contribution is 7.80. The molecule has 0 radical (unpaired) electrons. The Labute approximate surface area is 194 Å². The van der Waals surface area contributed by atoms with E-state index < -0.39 is 11.8 Å². The number of hydrogen-bond acceptors (Lipinski definition) is 4. The molecule has 0 spiro atoms. The van der Waals surface area contributed by atoms with E-state index in [1.807, 2.05) is 42.5 Å². The zero-order valence-electron chi connectivity index (χ0n) is 16.0. The van der Waals surface area contributed by atoms with Gasteiger partial charge in [0.2, 0.25) is 0 Å². The van der Waals surface area contributed by atoms with E-state index in [1.165, 1.54) is 18.2 Å². The van der Waals surface area contributed by atoms with Crippen molar-refractivity contribution in [2.45, 2.75) is 0 Å². The van der Waals surface area contributed by atoms with Gasteiger partial charge in [-0.2, -0.15) is 0 Å². The van der Waals surface area contributed by atoms with Gasteiger partial charge in [0, 0.05) is 5.02 Å². The minimum absolute atomic E-state index is 0.100. The molecule has 158 valence electrons. The van der Waals surface area contributed by atoms with Crippen LogP contribution in [0.3, 0.4) is 0 Å². The molecule has 3 aromatic rings. The van der Waals surface area contributed by atoms with Crippen LogP contribution in [-0.2, 0) is 4.79 Å². The first-order chi connectivity index (χ1) is 14.9. The average molecular weight is 474 g/mol. The van der Waals surface area contributed by atoms with Crippen molar-refractivity contribution in [3.05, 3.63) is 88.4 Å². The Bertz CT molecular complexity index is 1090. The number of ether oxygens (including phenoxy) is 1. The lowest BCUT2D eigenvalue weighted by Crippen LogP contribution is -2.49. The fourth-order valence-corrected chi connectivity index (χ4v) is 3.20. The van der Waals surface area contributed by atoms with Gasteiger partial charge in [0.05, 0.1) is 10.6 Å². The highest BCUT2D eigenvalue weighted by atomic mass is 35.5. The van der Waals surface area contributed by atoms with Gasteiger partial charge in [-0.3, -0.25) is 25.8 Å². The Hall–Kier alpha value is -3.13. The van der Waals surface area contributed by atoms with Crippen LogP contribution in [0.25, 0.3) is 11.1 Å². The molecule has 9 heteroatoms. The molecule has 0 saturated carbocycles. The zero-order valence-corrected chi connectivity index (χ0v) is 18.4. The fraction of sp³-hybridized carbons (Fsp3) is 0.0455. The second kappa shape index (κ2) is 10.8. The largest absolute Gasteiger partial charge is 0.484 e. The molecule has 3 rings (SSSR count). The van der Waals surface area contributed by atoms with Crippen molar-refractivity contribution in [2.24, 2.45) is 0 Å². The molecule has 3 N–H and O–H groups in total. The van der Waals surface area contributed by atoms with Crippen LogP contribution < -0.4 is 20.9 Å². The Morgan fingerprint density at radius 3 is 2.23 bits per heavy atom. The van der Waals surface area contributed by atoms with Gasteiger partial charge in [0.15, 0.2) is 11.7 Å². The lowest BCUT2D eigenvalue weighted by Gasteiger charge is -2.12. The molecule has 6 nitrogen and oxygen atoms in total. The van der Waals surface area contributed by atoms with E-state index in [-0.39, 0.29) is 22.3 Å². The summed E-state index contributed by atoms with van der Waals surface area (Å²) in [6.07, 6.45) is 0. The summed E-state index contributed by atoms with van der Waals surface area (Å²) in [5.74, 6) is -0.473. The second-order valence-electron chi connectivity index (χ2n) is 6.26. The van der Waals surface area contributed by atoms with Gasteiger partial charge in [-0.15, -0.1) is 0 Å². The van der Waals surface area contributed by atoms with Crippen molar-refractivity contribution in [1.82, 2.24) is 16.2 Å². The maximum atomic E-state index is 12.2. The summed E-state index contributed by atoms with van der Waals surface area (Å²) in [6, 6.07) is 21.7. The molecular weight excluding hydrogens is 457 g/mol. The molecule has 0 atom stereocenters. The molecule has 0 aliphatic rings. The Kier molecular flexibility index (Phi) is 7.83. The highest BCUT2D eigenvalue weighted by Gasteiger charge is 2.12. The lowest BCUT2D eigenvalue weighted by molar-refractivity contribution is -0.123. The van der Waals surface area contributed by atoms with Gasteiger partial charge in [0.25, 0.3) is 11.8 Å². The van der Waals surface area contributed by atoms with Gasteiger partial charge in [-0.25, -0.2) is 0 Å². The third-order valence-corrected chi connectivity index (χ3v) is 4.80. The monoisotopic (exact) mass is 473 g/mol. The number of nitrogens with one attached hydrogen (secondary N) is 3. The predicted octanol–water partition coefficient (Wildman–Crippen LogP) is 4.37. The van der Waals surface area contributed by atoms with Gasteiger partial charge in [0.1, 0.15) is 5.75 Å². The predicted molar refractivity (Wildman–Crippen MR) is 125 cm³/mol. The average Bonchev–Trinajstić information content (AvgIpc) is 2.77. The minimum atomic E-state index is -0.539. The Balaban J connectivity index is 1.42. The summed E-state index contributed by atoms with van der Waals surface area (Å²) in [7, 11) is 0. The van der Waals surface area contributed by atoms with Crippen LogP contribution in [0, 0.1) is 0 Å². The van der Waals surface area contributed by atoms with E-state index in [0.717, 1.165) is 11.1 Å². The first-order valence-electron chi connectivity index (χ1n) is 9.06. The summed E-state index contributed by atoms with van der Waals surface area (Å²) in [5, 5.41) is 2.90. The van der Waals surface area contributed by atoms with Crippen molar-refractivity contribution >= 4 is 52.3 Å². The van der Waals surface area contributed by atoms with E-state index in [0.29, 0.717) is 10.8 Å².